The normalized spacial score (nSPS) is 16.1. The Balaban J connectivity index is 2.02. The van der Waals surface area contributed by atoms with Crippen molar-refractivity contribution in [3.63, 3.8) is 0 Å². The minimum atomic E-state index is -0.577. The van der Waals surface area contributed by atoms with Crippen LogP contribution < -0.4 is 5.32 Å². The number of nitrogens with one attached hydrogen (secondary N) is 1. The summed E-state index contributed by atoms with van der Waals surface area (Å²) in [5.74, 6) is -0.0928. The van der Waals surface area contributed by atoms with E-state index >= 15 is 0 Å². The standard InChI is InChI=1S/C17H24N2O4/c1-17(2,3)23-16(22)18-13-6-4-5-12(11-13)15(21)19-9-7-14(20)8-10-19/h4-6,11,14,20H,7-10H2,1-3H3,(H,18,22). The average molecular weight is 320 g/mol. The van der Waals surface area contributed by atoms with E-state index in [2.05, 4.69) is 5.32 Å². The van der Waals surface area contributed by atoms with E-state index in [1.165, 1.54) is 0 Å². The number of amides is 2. The number of aliphatic hydroxyl groups excluding tert-OH is 1. The van der Waals surface area contributed by atoms with Gasteiger partial charge in [0.1, 0.15) is 5.60 Å². The van der Waals surface area contributed by atoms with Crippen LogP contribution in [0.2, 0.25) is 0 Å². The van der Waals surface area contributed by atoms with Gasteiger partial charge in [-0.05, 0) is 51.8 Å². The van der Waals surface area contributed by atoms with Crippen molar-refractivity contribution in [3.8, 4) is 0 Å². The third-order valence-corrected chi connectivity index (χ3v) is 3.51. The maximum absolute atomic E-state index is 12.5. The molecule has 0 aromatic heterocycles. The minimum Gasteiger partial charge on any atom is -0.444 e. The molecule has 0 spiro atoms. The fourth-order valence-corrected chi connectivity index (χ4v) is 2.40. The topological polar surface area (TPSA) is 78.9 Å². The summed E-state index contributed by atoms with van der Waals surface area (Å²) in [6.07, 6.45) is 0.325. The molecule has 1 fully saturated rings. The van der Waals surface area contributed by atoms with Gasteiger partial charge in [-0.2, -0.15) is 0 Å². The lowest BCUT2D eigenvalue weighted by molar-refractivity contribution is 0.0544. The molecule has 2 amide bonds. The van der Waals surface area contributed by atoms with Crippen LogP contribution in [0.5, 0.6) is 0 Å². The summed E-state index contributed by atoms with van der Waals surface area (Å²) >= 11 is 0. The SMILES string of the molecule is CC(C)(C)OC(=O)Nc1cccc(C(=O)N2CCC(O)CC2)c1. The number of nitrogens with zero attached hydrogens (tertiary/aromatic N) is 1. The first-order chi connectivity index (χ1) is 10.7. The molecule has 2 rings (SSSR count). The molecule has 1 aromatic carbocycles. The van der Waals surface area contributed by atoms with Gasteiger partial charge in [0, 0.05) is 24.3 Å². The van der Waals surface area contributed by atoms with Crippen LogP contribution in [0.15, 0.2) is 24.3 Å². The van der Waals surface area contributed by atoms with Crippen LogP contribution in [0.3, 0.4) is 0 Å². The Labute approximate surface area is 136 Å². The maximum atomic E-state index is 12.5. The van der Waals surface area contributed by atoms with E-state index in [0.717, 1.165) is 0 Å². The molecule has 6 nitrogen and oxygen atoms in total. The lowest BCUT2D eigenvalue weighted by Gasteiger charge is -2.29. The van der Waals surface area contributed by atoms with Crippen LogP contribution in [0.4, 0.5) is 10.5 Å². The van der Waals surface area contributed by atoms with Crippen molar-refractivity contribution in [2.45, 2.75) is 45.3 Å². The number of hydrogen-bond donors (Lipinski definition) is 2. The monoisotopic (exact) mass is 320 g/mol. The molecule has 0 atom stereocenters. The van der Waals surface area contributed by atoms with E-state index in [1.54, 1.807) is 49.9 Å². The number of carbonyl (C=O) groups excluding carboxylic acids is 2. The fourth-order valence-electron chi connectivity index (χ4n) is 2.40. The van der Waals surface area contributed by atoms with Crippen molar-refractivity contribution in [1.82, 2.24) is 4.90 Å². The number of likely N-dealkylation sites (tertiary alicyclic amines) is 1. The minimum absolute atomic E-state index is 0.0928. The van der Waals surface area contributed by atoms with Gasteiger partial charge in [-0.25, -0.2) is 4.79 Å². The summed E-state index contributed by atoms with van der Waals surface area (Å²) in [5, 5.41) is 12.1. The van der Waals surface area contributed by atoms with Crippen LogP contribution in [0, 0.1) is 0 Å². The molecule has 1 aromatic rings. The van der Waals surface area contributed by atoms with Crippen molar-refractivity contribution < 1.29 is 19.4 Å². The zero-order valence-corrected chi connectivity index (χ0v) is 13.8. The highest BCUT2D eigenvalue weighted by molar-refractivity contribution is 5.96. The van der Waals surface area contributed by atoms with Gasteiger partial charge in [0.15, 0.2) is 0 Å². The van der Waals surface area contributed by atoms with Gasteiger partial charge in [-0.15, -0.1) is 0 Å². The molecular weight excluding hydrogens is 296 g/mol. The first-order valence-corrected chi connectivity index (χ1v) is 7.82. The van der Waals surface area contributed by atoms with E-state index in [9.17, 15) is 14.7 Å². The predicted molar refractivity (Wildman–Crippen MR) is 87.4 cm³/mol. The molecule has 0 radical (unpaired) electrons. The first kappa shape index (κ1) is 17.3. The zero-order valence-electron chi connectivity index (χ0n) is 13.8. The summed E-state index contributed by atoms with van der Waals surface area (Å²) in [6, 6.07) is 6.78. The van der Waals surface area contributed by atoms with Crippen molar-refractivity contribution in [1.29, 1.82) is 0 Å². The Kier molecular flexibility index (Phi) is 5.26. The van der Waals surface area contributed by atoms with Crippen molar-refractivity contribution in [2.24, 2.45) is 0 Å². The largest absolute Gasteiger partial charge is 0.444 e. The van der Waals surface area contributed by atoms with Gasteiger partial charge in [0.05, 0.1) is 6.10 Å². The molecule has 6 heteroatoms. The molecule has 2 N–H and O–H groups in total. The Morgan fingerprint density at radius 2 is 1.91 bits per heavy atom. The molecule has 0 saturated carbocycles. The lowest BCUT2D eigenvalue weighted by Crippen LogP contribution is -2.40. The van der Waals surface area contributed by atoms with E-state index in [0.29, 0.717) is 37.2 Å². The molecule has 0 aliphatic carbocycles. The summed E-state index contributed by atoms with van der Waals surface area (Å²) in [5.41, 5.74) is 0.448. The second kappa shape index (κ2) is 7.00. The van der Waals surface area contributed by atoms with Gasteiger partial charge in [-0.1, -0.05) is 6.07 Å². The van der Waals surface area contributed by atoms with Crippen molar-refractivity contribution in [3.05, 3.63) is 29.8 Å². The average Bonchev–Trinajstić information content (AvgIpc) is 2.45. The van der Waals surface area contributed by atoms with Crippen LogP contribution in [-0.4, -0.2) is 46.8 Å². The molecule has 23 heavy (non-hydrogen) atoms. The molecule has 1 aliphatic heterocycles. The van der Waals surface area contributed by atoms with Gasteiger partial charge in [0.2, 0.25) is 0 Å². The zero-order chi connectivity index (χ0) is 17.0. The van der Waals surface area contributed by atoms with E-state index in [-0.39, 0.29) is 12.0 Å². The quantitative estimate of drug-likeness (QED) is 0.878. The highest BCUT2D eigenvalue weighted by Crippen LogP contribution is 2.17. The van der Waals surface area contributed by atoms with E-state index < -0.39 is 11.7 Å². The Morgan fingerprint density at radius 1 is 1.26 bits per heavy atom. The molecule has 126 valence electrons. The van der Waals surface area contributed by atoms with Gasteiger partial charge in [-0.3, -0.25) is 10.1 Å². The highest BCUT2D eigenvalue weighted by atomic mass is 16.6. The van der Waals surface area contributed by atoms with Gasteiger partial charge >= 0.3 is 6.09 Å². The van der Waals surface area contributed by atoms with Crippen molar-refractivity contribution in [2.75, 3.05) is 18.4 Å². The summed E-state index contributed by atoms with van der Waals surface area (Å²) in [4.78, 5) is 26.0. The summed E-state index contributed by atoms with van der Waals surface area (Å²) < 4.78 is 5.20. The number of aliphatic hydroxyl groups is 1. The van der Waals surface area contributed by atoms with E-state index in [4.69, 9.17) is 4.74 Å². The maximum Gasteiger partial charge on any atom is 0.412 e. The smallest absolute Gasteiger partial charge is 0.412 e. The number of piperidine rings is 1. The number of hydrogen-bond acceptors (Lipinski definition) is 4. The molecular formula is C17H24N2O4. The Hall–Kier alpha value is -2.08. The molecule has 1 saturated heterocycles. The number of ether oxygens (including phenoxy) is 1. The van der Waals surface area contributed by atoms with Crippen LogP contribution in [-0.2, 0) is 4.74 Å². The molecule has 0 bridgehead atoms. The second-order valence-corrected chi connectivity index (χ2v) is 6.73. The van der Waals surface area contributed by atoms with Crippen molar-refractivity contribution >= 4 is 17.7 Å². The second-order valence-electron chi connectivity index (χ2n) is 6.73. The Bertz CT molecular complexity index is 572. The molecule has 1 heterocycles. The van der Waals surface area contributed by atoms with Crippen LogP contribution in [0.1, 0.15) is 44.0 Å². The number of rotatable bonds is 2. The summed E-state index contributed by atoms with van der Waals surface area (Å²) in [6.45, 7) is 6.46. The van der Waals surface area contributed by atoms with Gasteiger partial charge < -0.3 is 14.7 Å². The highest BCUT2D eigenvalue weighted by Gasteiger charge is 2.22. The first-order valence-electron chi connectivity index (χ1n) is 7.82. The molecule has 1 aliphatic rings. The number of carbonyl (C=O) groups is 2. The predicted octanol–water partition coefficient (Wildman–Crippen LogP) is 2.63. The number of benzene rings is 1. The summed E-state index contributed by atoms with van der Waals surface area (Å²) in [7, 11) is 0. The lowest BCUT2D eigenvalue weighted by atomic mass is 10.1. The molecule has 0 unspecified atom stereocenters. The van der Waals surface area contributed by atoms with Gasteiger partial charge in [0.25, 0.3) is 5.91 Å². The van der Waals surface area contributed by atoms with Crippen LogP contribution >= 0.6 is 0 Å². The fraction of sp³-hybridized carbons (Fsp3) is 0.529. The third-order valence-electron chi connectivity index (χ3n) is 3.51. The number of anilines is 1. The third kappa shape index (κ3) is 5.25. The van der Waals surface area contributed by atoms with Crippen LogP contribution in [0.25, 0.3) is 0 Å². The Morgan fingerprint density at radius 3 is 2.52 bits per heavy atom. The van der Waals surface area contributed by atoms with E-state index in [1.807, 2.05) is 0 Å².